The molecule has 1 fully saturated rings. The fourth-order valence-electron chi connectivity index (χ4n) is 3.00. The first kappa shape index (κ1) is 18.6. The number of piperazine rings is 1. The number of nitrogens with zero attached hydrogens (tertiary/aromatic N) is 4. The van der Waals surface area contributed by atoms with Gasteiger partial charge in [-0.3, -0.25) is 0 Å². The second-order valence-corrected chi connectivity index (χ2v) is 8.14. The van der Waals surface area contributed by atoms with Crippen LogP contribution >= 0.6 is 0 Å². The molecule has 1 aromatic carbocycles. The molecule has 140 valence electrons. The monoisotopic (exact) mass is 376 g/mol. The van der Waals surface area contributed by atoms with Crippen molar-refractivity contribution in [3.05, 3.63) is 41.7 Å². The fourth-order valence-corrected chi connectivity index (χ4v) is 4.42. The normalized spacial score (nSPS) is 15.9. The molecule has 26 heavy (non-hydrogen) atoms. The molecular weight excluding hydrogens is 352 g/mol. The molecule has 2 heterocycles. The number of sulfonamides is 1. The highest BCUT2D eigenvalue weighted by molar-refractivity contribution is 7.89. The number of hydrogen-bond donors (Lipinski definition) is 0. The lowest BCUT2D eigenvalue weighted by molar-refractivity contribution is 0.380. The molecule has 1 saturated heterocycles. The van der Waals surface area contributed by atoms with Crippen molar-refractivity contribution in [2.24, 2.45) is 0 Å². The molecule has 0 atom stereocenters. The Labute approximate surface area is 154 Å². The van der Waals surface area contributed by atoms with E-state index in [1.54, 1.807) is 25.3 Å². The molecule has 1 aromatic heterocycles. The van der Waals surface area contributed by atoms with Crippen molar-refractivity contribution >= 4 is 15.8 Å². The Hall–Kier alpha value is -2.19. The second kappa shape index (κ2) is 7.59. The maximum absolute atomic E-state index is 12.8. The van der Waals surface area contributed by atoms with Crippen LogP contribution in [0.15, 0.2) is 35.2 Å². The third-order valence-electron chi connectivity index (χ3n) is 4.54. The Morgan fingerprint density at radius 1 is 1.08 bits per heavy atom. The van der Waals surface area contributed by atoms with E-state index in [4.69, 9.17) is 4.74 Å². The molecule has 2 aromatic rings. The second-order valence-electron chi connectivity index (χ2n) is 6.20. The minimum Gasteiger partial charge on any atom is -0.481 e. The van der Waals surface area contributed by atoms with Crippen LogP contribution in [0.2, 0.25) is 0 Å². The molecule has 0 saturated carbocycles. The summed E-state index contributed by atoms with van der Waals surface area (Å²) in [5.41, 5.74) is 1.13. The summed E-state index contributed by atoms with van der Waals surface area (Å²) in [6.07, 6.45) is 0.890. The van der Waals surface area contributed by atoms with E-state index in [0.717, 1.165) is 17.8 Å². The number of aryl methyl sites for hydroxylation is 2. The minimum atomic E-state index is -3.46. The zero-order valence-electron chi connectivity index (χ0n) is 15.3. The molecule has 0 radical (unpaired) electrons. The Bertz CT molecular complexity index is 861. The van der Waals surface area contributed by atoms with Crippen molar-refractivity contribution in [1.29, 1.82) is 0 Å². The predicted molar refractivity (Wildman–Crippen MR) is 100 cm³/mol. The van der Waals surface area contributed by atoms with Gasteiger partial charge < -0.3 is 9.64 Å². The Morgan fingerprint density at radius 2 is 1.73 bits per heavy atom. The van der Waals surface area contributed by atoms with E-state index in [0.29, 0.717) is 42.8 Å². The lowest BCUT2D eigenvalue weighted by Crippen LogP contribution is -2.49. The highest BCUT2D eigenvalue weighted by Crippen LogP contribution is 2.22. The summed E-state index contributed by atoms with van der Waals surface area (Å²) in [7, 11) is -1.90. The predicted octanol–water partition coefficient (Wildman–Crippen LogP) is 1.87. The van der Waals surface area contributed by atoms with Crippen molar-refractivity contribution in [1.82, 2.24) is 14.3 Å². The van der Waals surface area contributed by atoms with Crippen LogP contribution < -0.4 is 9.64 Å². The summed E-state index contributed by atoms with van der Waals surface area (Å²) in [5, 5.41) is 0. The van der Waals surface area contributed by atoms with Crippen LogP contribution in [0.5, 0.6) is 5.88 Å². The zero-order chi connectivity index (χ0) is 18.7. The Kier molecular flexibility index (Phi) is 5.43. The van der Waals surface area contributed by atoms with Crippen molar-refractivity contribution in [3.8, 4) is 5.88 Å². The molecule has 7 nitrogen and oxygen atoms in total. The van der Waals surface area contributed by atoms with Gasteiger partial charge in [-0.15, -0.1) is 0 Å². The van der Waals surface area contributed by atoms with E-state index < -0.39 is 10.0 Å². The van der Waals surface area contributed by atoms with Crippen LogP contribution in [-0.4, -0.2) is 56.0 Å². The topological polar surface area (TPSA) is 75.6 Å². The molecule has 0 unspecified atom stereocenters. The fraction of sp³-hybridized carbons (Fsp3) is 0.444. The maximum Gasteiger partial charge on any atom is 0.243 e. The van der Waals surface area contributed by atoms with Crippen LogP contribution in [0.25, 0.3) is 0 Å². The van der Waals surface area contributed by atoms with Gasteiger partial charge in [0, 0.05) is 32.2 Å². The molecule has 8 heteroatoms. The SMILES string of the molecule is CCc1ccc(S(=O)(=O)N2CCN(c3cc(OC)nc(C)n3)CC2)cc1. The standard InChI is InChI=1S/C18H24N4O3S/c1-4-15-5-7-16(8-6-15)26(23,24)22-11-9-21(10-12-22)17-13-18(25-3)20-14(2)19-17/h5-8,13H,4,9-12H2,1-3H3. The van der Waals surface area contributed by atoms with Crippen molar-refractivity contribution < 1.29 is 13.2 Å². The lowest BCUT2D eigenvalue weighted by atomic mass is 10.2. The summed E-state index contributed by atoms with van der Waals surface area (Å²) >= 11 is 0. The Morgan fingerprint density at radius 3 is 2.31 bits per heavy atom. The number of rotatable bonds is 5. The zero-order valence-corrected chi connectivity index (χ0v) is 16.2. The van der Waals surface area contributed by atoms with E-state index in [9.17, 15) is 8.42 Å². The third-order valence-corrected chi connectivity index (χ3v) is 6.45. The minimum absolute atomic E-state index is 0.350. The van der Waals surface area contributed by atoms with Crippen molar-refractivity contribution in [3.63, 3.8) is 0 Å². The molecule has 0 aliphatic carbocycles. The van der Waals surface area contributed by atoms with Crippen LogP contribution in [-0.2, 0) is 16.4 Å². The summed E-state index contributed by atoms with van der Waals surface area (Å²) in [5.74, 6) is 1.91. The number of benzene rings is 1. The van der Waals surface area contributed by atoms with E-state index in [1.807, 2.05) is 26.0 Å². The summed E-state index contributed by atoms with van der Waals surface area (Å²) in [6.45, 7) is 5.85. The van der Waals surface area contributed by atoms with Crippen LogP contribution in [0.3, 0.4) is 0 Å². The summed E-state index contributed by atoms with van der Waals surface area (Å²) in [6, 6.07) is 8.91. The highest BCUT2D eigenvalue weighted by atomic mass is 32.2. The quantitative estimate of drug-likeness (QED) is 0.793. The van der Waals surface area contributed by atoms with Gasteiger partial charge in [-0.05, 0) is 31.0 Å². The van der Waals surface area contributed by atoms with E-state index in [-0.39, 0.29) is 0 Å². The molecular formula is C18H24N4O3S. The number of hydrogen-bond acceptors (Lipinski definition) is 6. The van der Waals surface area contributed by atoms with Crippen LogP contribution in [0.1, 0.15) is 18.3 Å². The van der Waals surface area contributed by atoms with Gasteiger partial charge in [-0.2, -0.15) is 9.29 Å². The third kappa shape index (κ3) is 3.81. The number of aromatic nitrogens is 2. The summed E-state index contributed by atoms with van der Waals surface area (Å²) < 4.78 is 32.4. The first-order valence-electron chi connectivity index (χ1n) is 8.67. The Balaban J connectivity index is 1.72. The highest BCUT2D eigenvalue weighted by Gasteiger charge is 2.29. The van der Waals surface area contributed by atoms with E-state index >= 15 is 0 Å². The molecule has 1 aliphatic rings. The van der Waals surface area contributed by atoms with Crippen molar-refractivity contribution in [2.75, 3.05) is 38.2 Å². The van der Waals surface area contributed by atoms with Crippen molar-refractivity contribution in [2.45, 2.75) is 25.2 Å². The number of methoxy groups -OCH3 is 1. The van der Waals surface area contributed by atoms with E-state index in [1.165, 1.54) is 4.31 Å². The van der Waals surface area contributed by atoms with E-state index in [2.05, 4.69) is 14.9 Å². The molecule has 0 amide bonds. The van der Waals surface area contributed by atoms with Gasteiger partial charge in [0.25, 0.3) is 0 Å². The largest absolute Gasteiger partial charge is 0.481 e. The molecule has 0 N–H and O–H groups in total. The smallest absolute Gasteiger partial charge is 0.243 e. The number of anilines is 1. The van der Waals surface area contributed by atoms with Gasteiger partial charge in [-0.1, -0.05) is 19.1 Å². The van der Waals surface area contributed by atoms with Gasteiger partial charge in [0.05, 0.1) is 12.0 Å². The average molecular weight is 376 g/mol. The van der Waals surface area contributed by atoms with Gasteiger partial charge in [0.15, 0.2) is 0 Å². The van der Waals surface area contributed by atoms with Gasteiger partial charge in [-0.25, -0.2) is 13.4 Å². The lowest BCUT2D eigenvalue weighted by Gasteiger charge is -2.34. The number of ether oxygens (including phenoxy) is 1. The molecule has 0 spiro atoms. The van der Waals surface area contributed by atoms with Gasteiger partial charge in [0.2, 0.25) is 15.9 Å². The van der Waals surface area contributed by atoms with Crippen LogP contribution in [0, 0.1) is 6.92 Å². The van der Waals surface area contributed by atoms with Gasteiger partial charge >= 0.3 is 0 Å². The average Bonchev–Trinajstić information content (AvgIpc) is 2.67. The maximum atomic E-state index is 12.8. The molecule has 1 aliphatic heterocycles. The first-order valence-corrected chi connectivity index (χ1v) is 10.1. The molecule has 0 bridgehead atoms. The first-order chi connectivity index (χ1) is 12.4. The van der Waals surface area contributed by atoms with Gasteiger partial charge in [0.1, 0.15) is 11.6 Å². The summed E-state index contributed by atoms with van der Waals surface area (Å²) in [4.78, 5) is 11.0. The molecule has 3 rings (SSSR count). The van der Waals surface area contributed by atoms with Crippen LogP contribution in [0.4, 0.5) is 5.82 Å².